The van der Waals surface area contributed by atoms with Gasteiger partial charge in [-0.15, -0.1) is 0 Å². The van der Waals surface area contributed by atoms with Crippen LogP contribution in [0.2, 0.25) is 0 Å². The molecule has 1 heteroatoms. The van der Waals surface area contributed by atoms with Crippen molar-refractivity contribution >= 4 is 21.8 Å². The molecule has 3 aromatic rings. The smallest absolute Gasteiger partial charge is 0.0465 e. The first-order valence-electron chi connectivity index (χ1n) is 6.17. The maximum absolute atomic E-state index is 3.47. The Labute approximate surface area is 101 Å². The minimum Gasteiger partial charge on any atom is -0.355 e. The number of benzene rings is 2. The van der Waals surface area contributed by atoms with E-state index in [1.807, 2.05) is 0 Å². The van der Waals surface area contributed by atoms with E-state index >= 15 is 0 Å². The van der Waals surface area contributed by atoms with Crippen LogP contribution in [0.15, 0.2) is 36.4 Å². The highest BCUT2D eigenvalue weighted by molar-refractivity contribution is 6.07. The van der Waals surface area contributed by atoms with Gasteiger partial charge >= 0.3 is 0 Å². The lowest BCUT2D eigenvalue weighted by Crippen LogP contribution is -1.85. The maximum atomic E-state index is 3.47. The van der Waals surface area contributed by atoms with E-state index < -0.39 is 0 Å². The first kappa shape index (κ1) is 10.4. The number of H-pyrrole nitrogens is 1. The van der Waals surface area contributed by atoms with Gasteiger partial charge in [0.05, 0.1) is 0 Å². The standard InChI is InChI=1S/C16H17N/c1-10(2)12-5-7-16-14(9-12)13-8-11(3)4-6-15(13)17-16/h4-10,17H,1-3H3. The van der Waals surface area contributed by atoms with Gasteiger partial charge in [-0.1, -0.05) is 31.5 Å². The Morgan fingerprint density at radius 3 is 2.24 bits per heavy atom. The number of fused-ring (bicyclic) bond motifs is 3. The Morgan fingerprint density at radius 1 is 0.882 bits per heavy atom. The molecule has 0 fully saturated rings. The molecule has 1 N–H and O–H groups in total. The van der Waals surface area contributed by atoms with Gasteiger partial charge in [-0.05, 0) is 42.7 Å². The van der Waals surface area contributed by atoms with E-state index in [9.17, 15) is 0 Å². The SMILES string of the molecule is Cc1ccc2[nH]c3ccc(C(C)C)cc3c2c1. The van der Waals surface area contributed by atoms with E-state index in [0.717, 1.165) is 0 Å². The predicted octanol–water partition coefficient (Wildman–Crippen LogP) is 4.75. The molecule has 86 valence electrons. The van der Waals surface area contributed by atoms with E-state index in [0.29, 0.717) is 5.92 Å². The molecule has 1 nitrogen and oxygen atoms in total. The molecule has 0 aliphatic heterocycles. The molecule has 3 rings (SSSR count). The first-order valence-corrected chi connectivity index (χ1v) is 6.17. The molecular formula is C16H17N. The van der Waals surface area contributed by atoms with Gasteiger partial charge in [-0.25, -0.2) is 0 Å². The Balaban J connectivity index is 2.39. The van der Waals surface area contributed by atoms with Crippen LogP contribution >= 0.6 is 0 Å². The van der Waals surface area contributed by atoms with Crippen LogP contribution in [-0.2, 0) is 0 Å². The molecule has 0 saturated heterocycles. The highest BCUT2D eigenvalue weighted by Crippen LogP contribution is 2.28. The Morgan fingerprint density at radius 2 is 1.53 bits per heavy atom. The predicted molar refractivity (Wildman–Crippen MR) is 74.6 cm³/mol. The van der Waals surface area contributed by atoms with Crippen LogP contribution < -0.4 is 0 Å². The van der Waals surface area contributed by atoms with Crippen molar-refractivity contribution in [3.63, 3.8) is 0 Å². The third-order valence-electron chi connectivity index (χ3n) is 3.44. The zero-order chi connectivity index (χ0) is 12.0. The van der Waals surface area contributed by atoms with Crippen LogP contribution in [0.5, 0.6) is 0 Å². The van der Waals surface area contributed by atoms with Crippen molar-refractivity contribution < 1.29 is 0 Å². The molecule has 0 aliphatic rings. The molecule has 2 aromatic carbocycles. The van der Waals surface area contributed by atoms with Crippen LogP contribution in [0.3, 0.4) is 0 Å². The lowest BCUT2D eigenvalue weighted by molar-refractivity contribution is 0.869. The van der Waals surface area contributed by atoms with E-state index in [2.05, 4.69) is 62.2 Å². The molecule has 0 saturated carbocycles. The number of rotatable bonds is 1. The fraction of sp³-hybridized carbons (Fsp3) is 0.250. The Bertz CT molecular complexity index is 689. The van der Waals surface area contributed by atoms with E-state index in [1.54, 1.807) is 0 Å². The van der Waals surface area contributed by atoms with E-state index in [-0.39, 0.29) is 0 Å². The van der Waals surface area contributed by atoms with Gasteiger partial charge in [0.2, 0.25) is 0 Å². The molecule has 0 bridgehead atoms. The van der Waals surface area contributed by atoms with Crippen molar-refractivity contribution in [1.82, 2.24) is 4.98 Å². The highest BCUT2D eigenvalue weighted by Gasteiger charge is 2.06. The number of aromatic nitrogens is 1. The monoisotopic (exact) mass is 223 g/mol. The molecule has 0 amide bonds. The van der Waals surface area contributed by atoms with Crippen molar-refractivity contribution in [3.05, 3.63) is 47.5 Å². The zero-order valence-electron chi connectivity index (χ0n) is 10.5. The molecule has 1 heterocycles. The Kier molecular flexibility index (Phi) is 2.22. The van der Waals surface area contributed by atoms with Gasteiger partial charge in [0.15, 0.2) is 0 Å². The average Bonchev–Trinajstić information content (AvgIpc) is 2.66. The van der Waals surface area contributed by atoms with Crippen molar-refractivity contribution in [2.24, 2.45) is 0 Å². The van der Waals surface area contributed by atoms with E-state index in [1.165, 1.54) is 32.9 Å². The first-order chi connectivity index (χ1) is 8.15. The van der Waals surface area contributed by atoms with Gasteiger partial charge in [-0.2, -0.15) is 0 Å². The molecule has 0 spiro atoms. The molecule has 0 atom stereocenters. The number of nitrogens with one attached hydrogen (secondary N) is 1. The molecule has 1 aromatic heterocycles. The van der Waals surface area contributed by atoms with Crippen LogP contribution in [0.25, 0.3) is 21.8 Å². The number of hydrogen-bond donors (Lipinski definition) is 1. The number of aromatic amines is 1. The van der Waals surface area contributed by atoms with Crippen LogP contribution in [0.1, 0.15) is 30.9 Å². The van der Waals surface area contributed by atoms with Crippen molar-refractivity contribution in [1.29, 1.82) is 0 Å². The number of aryl methyl sites for hydroxylation is 1. The van der Waals surface area contributed by atoms with Gasteiger partial charge in [-0.3, -0.25) is 0 Å². The highest BCUT2D eigenvalue weighted by atomic mass is 14.7. The summed E-state index contributed by atoms with van der Waals surface area (Å²) in [5.74, 6) is 0.578. The lowest BCUT2D eigenvalue weighted by atomic mass is 10.0. The lowest BCUT2D eigenvalue weighted by Gasteiger charge is -2.04. The molecule has 17 heavy (non-hydrogen) atoms. The van der Waals surface area contributed by atoms with Gasteiger partial charge in [0.25, 0.3) is 0 Å². The molecular weight excluding hydrogens is 206 g/mol. The fourth-order valence-electron chi connectivity index (χ4n) is 2.39. The third-order valence-corrected chi connectivity index (χ3v) is 3.44. The van der Waals surface area contributed by atoms with Crippen molar-refractivity contribution in [2.75, 3.05) is 0 Å². The Hall–Kier alpha value is -1.76. The van der Waals surface area contributed by atoms with Gasteiger partial charge in [0.1, 0.15) is 0 Å². The summed E-state index contributed by atoms with van der Waals surface area (Å²) in [6.07, 6.45) is 0. The minimum absolute atomic E-state index is 0.578. The minimum atomic E-state index is 0.578. The summed E-state index contributed by atoms with van der Waals surface area (Å²) in [6, 6.07) is 13.3. The largest absolute Gasteiger partial charge is 0.355 e. The van der Waals surface area contributed by atoms with Crippen molar-refractivity contribution in [3.8, 4) is 0 Å². The van der Waals surface area contributed by atoms with Crippen molar-refractivity contribution in [2.45, 2.75) is 26.7 Å². The quantitative estimate of drug-likeness (QED) is 0.612. The summed E-state index contributed by atoms with van der Waals surface area (Å²) in [7, 11) is 0. The molecule has 0 radical (unpaired) electrons. The summed E-state index contributed by atoms with van der Waals surface area (Å²) in [4.78, 5) is 3.47. The van der Waals surface area contributed by atoms with Crippen LogP contribution in [0, 0.1) is 6.92 Å². The second-order valence-electron chi connectivity index (χ2n) is 5.13. The summed E-state index contributed by atoms with van der Waals surface area (Å²) in [5.41, 5.74) is 5.18. The average molecular weight is 223 g/mol. The second kappa shape index (κ2) is 3.63. The summed E-state index contributed by atoms with van der Waals surface area (Å²) in [6.45, 7) is 6.62. The summed E-state index contributed by atoms with van der Waals surface area (Å²) >= 11 is 0. The van der Waals surface area contributed by atoms with Gasteiger partial charge < -0.3 is 4.98 Å². The normalized spacial score (nSPS) is 11.8. The second-order valence-corrected chi connectivity index (χ2v) is 5.13. The molecule has 0 aliphatic carbocycles. The fourth-order valence-corrected chi connectivity index (χ4v) is 2.39. The maximum Gasteiger partial charge on any atom is 0.0465 e. The molecule has 0 unspecified atom stereocenters. The zero-order valence-corrected chi connectivity index (χ0v) is 10.5. The topological polar surface area (TPSA) is 15.8 Å². The van der Waals surface area contributed by atoms with Gasteiger partial charge in [0, 0.05) is 21.8 Å². The van der Waals surface area contributed by atoms with E-state index in [4.69, 9.17) is 0 Å². The summed E-state index contributed by atoms with van der Waals surface area (Å²) in [5, 5.41) is 2.68. The number of hydrogen-bond acceptors (Lipinski definition) is 0. The third kappa shape index (κ3) is 1.62. The van der Waals surface area contributed by atoms with Crippen LogP contribution in [-0.4, -0.2) is 4.98 Å². The summed E-state index contributed by atoms with van der Waals surface area (Å²) < 4.78 is 0. The van der Waals surface area contributed by atoms with Crippen LogP contribution in [0.4, 0.5) is 0 Å².